The molecule has 0 aliphatic rings. The van der Waals surface area contributed by atoms with Gasteiger partial charge in [0.05, 0.1) is 13.2 Å². The molecule has 21 heavy (non-hydrogen) atoms. The van der Waals surface area contributed by atoms with Crippen LogP contribution in [0, 0.1) is 0 Å². The number of nitrogens with zero attached hydrogens (tertiary/aromatic N) is 1. The molecule has 0 saturated heterocycles. The van der Waals surface area contributed by atoms with E-state index >= 15 is 0 Å². The second kappa shape index (κ2) is 11.0. The van der Waals surface area contributed by atoms with Crippen molar-refractivity contribution in [2.45, 2.75) is 44.7 Å². The third-order valence-electron chi connectivity index (χ3n) is 4.15. The summed E-state index contributed by atoms with van der Waals surface area (Å²) in [6.45, 7) is 7.01. The number of carboxylic acid groups (broad SMARTS) is 1. The molecule has 0 radical (unpaired) electrons. The van der Waals surface area contributed by atoms with Crippen LogP contribution >= 0.6 is 0 Å². The normalized spacial score (nSPS) is 15.9. The predicted molar refractivity (Wildman–Crippen MR) is 83.7 cm³/mol. The first-order valence-electron chi connectivity index (χ1n) is 7.61. The number of hydrogen-bond donors (Lipinski definition) is 2. The fourth-order valence-corrected chi connectivity index (χ4v) is 2.54. The van der Waals surface area contributed by atoms with Gasteiger partial charge in [0.25, 0.3) is 0 Å². The molecule has 0 aliphatic heterocycles. The van der Waals surface area contributed by atoms with Gasteiger partial charge in [-0.2, -0.15) is 0 Å². The van der Waals surface area contributed by atoms with Gasteiger partial charge in [0.1, 0.15) is 5.54 Å². The van der Waals surface area contributed by atoms with Crippen molar-refractivity contribution in [1.82, 2.24) is 10.2 Å². The standard InChI is InChI=1S/C15H32N2O4/c1-6-15(16-3,14(18)19)8-7-9-17(10-11-20-4)13(2)12-21-5/h13,16H,6-12H2,1-5H3,(H,18,19). The monoisotopic (exact) mass is 304 g/mol. The van der Waals surface area contributed by atoms with Crippen molar-refractivity contribution < 1.29 is 19.4 Å². The Kier molecular flexibility index (Phi) is 10.6. The lowest BCUT2D eigenvalue weighted by atomic mass is 9.90. The molecule has 0 aromatic rings. The molecular formula is C15H32N2O4. The lowest BCUT2D eigenvalue weighted by Crippen LogP contribution is -2.50. The summed E-state index contributed by atoms with van der Waals surface area (Å²) in [4.78, 5) is 13.7. The van der Waals surface area contributed by atoms with Crippen molar-refractivity contribution in [2.24, 2.45) is 0 Å². The van der Waals surface area contributed by atoms with Gasteiger partial charge in [-0.15, -0.1) is 0 Å². The van der Waals surface area contributed by atoms with Crippen molar-refractivity contribution in [3.05, 3.63) is 0 Å². The first-order valence-corrected chi connectivity index (χ1v) is 7.61. The SMILES string of the molecule is CCC(CCCN(CCOC)C(C)COC)(NC)C(=O)O. The average Bonchev–Trinajstić information content (AvgIpc) is 2.47. The minimum atomic E-state index is -0.822. The number of hydrogen-bond acceptors (Lipinski definition) is 5. The van der Waals surface area contributed by atoms with Gasteiger partial charge < -0.3 is 19.9 Å². The van der Waals surface area contributed by atoms with Gasteiger partial charge in [0.15, 0.2) is 0 Å². The average molecular weight is 304 g/mol. The summed E-state index contributed by atoms with van der Waals surface area (Å²) in [5.41, 5.74) is -0.822. The Balaban J connectivity index is 4.48. The molecule has 6 heteroatoms. The highest BCUT2D eigenvalue weighted by molar-refractivity contribution is 5.78. The number of carbonyl (C=O) groups is 1. The third kappa shape index (κ3) is 6.74. The maximum Gasteiger partial charge on any atom is 0.323 e. The molecule has 0 spiro atoms. The number of methoxy groups -OCH3 is 2. The second-order valence-electron chi connectivity index (χ2n) is 5.43. The number of aliphatic carboxylic acids is 1. The molecule has 0 heterocycles. The molecule has 126 valence electrons. The van der Waals surface area contributed by atoms with Gasteiger partial charge in [-0.1, -0.05) is 6.92 Å². The highest BCUT2D eigenvalue weighted by atomic mass is 16.5. The Labute approximate surface area is 128 Å². The van der Waals surface area contributed by atoms with E-state index < -0.39 is 11.5 Å². The van der Waals surface area contributed by atoms with E-state index in [1.807, 2.05) is 6.92 Å². The van der Waals surface area contributed by atoms with Crippen LogP contribution < -0.4 is 5.32 Å². The Bertz CT molecular complexity index is 283. The summed E-state index contributed by atoms with van der Waals surface area (Å²) in [7, 11) is 5.10. The molecule has 0 fully saturated rings. The first-order chi connectivity index (χ1) is 9.97. The largest absolute Gasteiger partial charge is 0.480 e. The van der Waals surface area contributed by atoms with Crippen LogP contribution in [0.4, 0.5) is 0 Å². The van der Waals surface area contributed by atoms with Crippen LogP contribution in [0.3, 0.4) is 0 Å². The Morgan fingerprint density at radius 1 is 1.33 bits per heavy atom. The zero-order valence-corrected chi connectivity index (χ0v) is 14.1. The number of rotatable bonds is 13. The molecule has 6 nitrogen and oxygen atoms in total. The summed E-state index contributed by atoms with van der Waals surface area (Å²) in [5, 5.41) is 12.4. The fraction of sp³-hybridized carbons (Fsp3) is 0.933. The van der Waals surface area contributed by atoms with Crippen molar-refractivity contribution in [2.75, 3.05) is 47.6 Å². The van der Waals surface area contributed by atoms with Crippen LogP contribution in [0.1, 0.15) is 33.1 Å². The zero-order chi connectivity index (χ0) is 16.3. The maximum atomic E-state index is 11.5. The summed E-state index contributed by atoms with van der Waals surface area (Å²) < 4.78 is 10.3. The van der Waals surface area contributed by atoms with Crippen LogP contribution in [0.25, 0.3) is 0 Å². The van der Waals surface area contributed by atoms with E-state index in [-0.39, 0.29) is 0 Å². The van der Waals surface area contributed by atoms with Crippen LogP contribution in [-0.2, 0) is 14.3 Å². The minimum absolute atomic E-state index is 0.292. The van der Waals surface area contributed by atoms with Gasteiger partial charge in [0, 0.05) is 26.8 Å². The highest BCUT2D eigenvalue weighted by Gasteiger charge is 2.34. The van der Waals surface area contributed by atoms with Gasteiger partial charge in [-0.05, 0) is 39.8 Å². The second-order valence-corrected chi connectivity index (χ2v) is 5.43. The lowest BCUT2D eigenvalue weighted by molar-refractivity contribution is -0.145. The predicted octanol–water partition coefficient (Wildman–Crippen LogP) is 1.20. The van der Waals surface area contributed by atoms with E-state index in [1.165, 1.54) is 0 Å². The van der Waals surface area contributed by atoms with Crippen molar-refractivity contribution >= 4 is 5.97 Å². The van der Waals surface area contributed by atoms with Gasteiger partial charge in [-0.25, -0.2) is 0 Å². The van der Waals surface area contributed by atoms with E-state index in [1.54, 1.807) is 21.3 Å². The molecule has 0 rings (SSSR count). The van der Waals surface area contributed by atoms with Gasteiger partial charge in [-0.3, -0.25) is 9.69 Å². The maximum absolute atomic E-state index is 11.5. The van der Waals surface area contributed by atoms with Crippen LogP contribution in [0.5, 0.6) is 0 Å². The molecule has 2 unspecified atom stereocenters. The number of carboxylic acids is 1. The van der Waals surface area contributed by atoms with Crippen molar-refractivity contribution in [3.8, 4) is 0 Å². The number of ether oxygens (including phenoxy) is 2. The molecule has 0 saturated carbocycles. The number of likely N-dealkylation sites (N-methyl/N-ethyl adjacent to an activating group) is 1. The van der Waals surface area contributed by atoms with E-state index in [4.69, 9.17) is 9.47 Å². The molecule has 2 atom stereocenters. The lowest BCUT2D eigenvalue weighted by Gasteiger charge is -2.31. The fourth-order valence-electron chi connectivity index (χ4n) is 2.54. The zero-order valence-electron chi connectivity index (χ0n) is 14.1. The van der Waals surface area contributed by atoms with E-state index in [9.17, 15) is 9.90 Å². The Hall–Kier alpha value is -0.690. The minimum Gasteiger partial charge on any atom is -0.480 e. The van der Waals surface area contributed by atoms with E-state index in [2.05, 4.69) is 17.1 Å². The highest BCUT2D eigenvalue weighted by Crippen LogP contribution is 2.18. The van der Waals surface area contributed by atoms with Crippen LogP contribution in [0.15, 0.2) is 0 Å². The molecule has 0 amide bonds. The topological polar surface area (TPSA) is 71.0 Å². The van der Waals surface area contributed by atoms with Gasteiger partial charge >= 0.3 is 5.97 Å². The number of nitrogens with one attached hydrogen (secondary N) is 1. The van der Waals surface area contributed by atoms with Crippen molar-refractivity contribution in [1.29, 1.82) is 0 Å². The summed E-state index contributed by atoms with van der Waals surface area (Å²) >= 11 is 0. The quantitative estimate of drug-likeness (QED) is 0.533. The molecule has 0 aromatic carbocycles. The summed E-state index contributed by atoms with van der Waals surface area (Å²) in [5.74, 6) is -0.777. The molecule has 0 aromatic heterocycles. The summed E-state index contributed by atoms with van der Waals surface area (Å²) in [6.07, 6.45) is 2.00. The van der Waals surface area contributed by atoms with Crippen molar-refractivity contribution in [3.63, 3.8) is 0 Å². The van der Waals surface area contributed by atoms with Gasteiger partial charge in [0.2, 0.25) is 0 Å². The molecular weight excluding hydrogens is 272 g/mol. The molecule has 0 aliphatic carbocycles. The summed E-state index contributed by atoms with van der Waals surface area (Å²) in [6, 6.07) is 0.292. The van der Waals surface area contributed by atoms with Crippen LogP contribution in [-0.4, -0.2) is 75.1 Å². The van der Waals surface area contributed by atoms with E-state index in [0.717, 1.165) is 19.5 Å². The first kappa shape index (κ1) is 20.3. The third-order valence-corrected chi connectivity index (χ3v) is 4.15. The smallest absolute Gasteiger partial charge is 0.323 e. The Morgan fingerprint density at radius 2 is 2.00 bits per heavy atom. The van der Waals surface area contributed by atoms with Crippen LogP contribution in [0.2, 0.25) is 0 Å². The molecule has 0 bridgehead atoms. The van der Waals surface area contributed by atoms with E-state index in [0.29, 0.717) is 32.1 Å². The Morgan fingerprint density at radius 3 is 2.43 bits per heavy atom. The molecule has 2 N–H and O–H groups in total.